The van der Waals surface area contributed by atoms with Gasteiger partial charge in [0.2, 0.25) is 0 Å². The van der Waals surface area contributed by atoms with Crippen molar-refractivity contribution in [3.8, 4) is 5.75 Å². The SMILES string of the molecule is CCCCOc1ccccc1C(=O)NC(=S)Nc1ccc(S(=O)(=O)Nc2ccccc2)cc1. The summed E-state index contributed by atoms with van der Waals surface area (Å²) in [7, 11) is -3.72. The fraction of sp³-hybridized carbons (Fsp3) is 0.167. The van der Waals surface area contributed by atoms with Crippen LogP contribution >= 0.6 is 12.2 Å². The summed E-state index contributed by atoms with van der Waals surface area (Å²) in [5.41, 5.74) is 1.39. The smallest absolute Gasteiger partial charge is 0.261 e. The van der Waals surface area contributed by atoms with Crippen LogP contribution in [0.4, 0.5) is 11.4 Å². The Morgan fingerprint density at radius 2 is 1.58 bits per heavy atom. The van der Waals surface area contributed by atoms with Crippen LogP contribution in [0.3, 0.4) is 0 Å². The first-order valence-corrected chi connectivity index (χ1v) is 12.3. The summed E-state index contributed by atoms with van der Waals surface area (Å²) >= 11 is 5.24. The Kier molecular flexibility index (Phi) is 8.39. The van der Waals surface area contributed by atoms with Crippen LogP contribution in [-0.2, 0) is 10.0 Å². The number of anilines is 2. The van der Waals surface area contributed by atoms with Crippen molar-refractivity contribution in [2.45, 2.75) is 24.7 Å². The molecular weight excluding hydrogens is 458 g/mol. The number of hydrogen-bond acceptors (Lipinski definition) is 5. The van der Waals surface area contributed by atoms with Crippen molar-refractivity contribution in [3.63, 3.8) is 0 Å². The van der Waals surface area contributed by atoms with Crippen LogP contribution in [0.2, 0.25) is 0 Å². The van der Waals surface area contributed by atoms with Crippen molar-refractivity contribution >= 4 is 44.6 Å². The number of rotatable bonds is 9. The van der Waals surface area contributed by atoms with Gasteiger partial charge in [-0.05, 0) is 67.2 Å². The number of para-hydroxylation sites is 2. The first-order valence-electron chi connectivity index (χ1n) is 10.4. The highest BCUT2D eigenvalue weighted by Gasteiger charge is 2.15. The summed E-state index contributed by atoms with van der Waals surface area (Å²) in [4.78, 5) is 12.8. The van der Waals surface area contributed by atoms with Crippen molar-refractivity contribution in [2.75, 3.05) is 16.6 Å². The number of carbonyl (C=O) groups excluding carboxylic acids is 1. The molecule has 0 bridgehead atoms. The van der Waals surface area contributed by atoms with Gasteiger partial charge in [0.25, 0.3) is 15.9 Å². The number of sulfonamides is 1. The predicted octanol–water partition coefficient (Wildman–Crippen LogP) is 4.79. The van der Waals surface area contributed by atoms with Crippen LogP contribution in [0.1, 0.15) is 30.1 Å². The molecule has 0 saturated heterocycles. The molecule has 0 fully saturated rings. The van der Waals surface area contributed by atoms with E-state index in [4.69, 9.17) is 17.0 Å². The molecule has 9 heteroatoms. The van der Waals surface area contributed by atoms with E-state index in [1.807, 2.05) is 0 Å². The molecule has 172 valence electrons. The van der Waals surface area contributed by atoms with E-state index < -0.39 is 15.9 Å². The molecule has 0 aliphatic carbocycles. The van der Waals surface area contributed by atoms with E-state index in [1.54, 1.807) is 66.7 Å². The zero-order chi connectivity index (χ0) is 23.7. The van der Waals surface area contributed by atoms with Crippen molar-refractivity contribution in [1.82, 2.24) is 5.32 Å². The highest BCUT2D eigenvalue weighted by Crippen LogP contribution is 2.20. The summed E-state index contributed by atoms with van der Waals surface area (Å²) < 4.78 is 33.3. The van der Waals surface area contributed by atoms with Gasteiger partial charge in [-0.1, -0.05) is 43.7 Å². The monoisotopic (exact) mass is 483 g/mol. The van der Waals surface area contributed by atoms with Gasteiger partial charge >= 0.3 is 0 Å². The lowest BCUT2D eigenvalue weighted by Crippen LogP contribution is -2.34. The molecule has 0 saturated carbocycles. The molecule has 0 aliphatic heterocycles. The minimum absolute atomic E-state index is 0.0846. The Bertz CT molecular complexity index is 1200. The Morgan fingerprint density at radius 1 is 0.909 bits per heavy atom. The quantitative estimate of drug-likeness (QED) is 0.299. The maximum absolute atomic E-state index is 12.7. The molecular formula is C24H25N3O4S2. The topological polar surface area (TPSA) is 96.5 Å². The number of carbonyl (C=O) groups is 1. The highest BCUT2D eigenvalue weighted by atomic mass is 32.2. The van der Waals surface area contributed by atoms with E-state index in [-0.39, 0.29) is 10.0 Å². The summed E-state index contributed by atoms with van der Waals surface area (Å²) in [6.07, 6.45) is 1.88. The van der Waals surface area contributed by atoms with E-state index in [1.165, 1.54) is 12.1 Å². The molecule has 1 amide bonds. The Balaban J connectivity index is 1.60. The second-order valence-electron chi connectivity index (χ2n) is 7.10. The van der Waals surface area contributed by atoms with Gasteiger partial charge < -0.3 is 10.1 Å². The molecule has 3 rings (SSSR count). The fourth-order valence-corrected chi connectivity index (χ4v) is 4.15. The molecule has 0 heterocycles. The van der Waals surface area contributed by atoms with Crippen molar-refractivity contribution in [3.05, 3.63) is 84.4 Å². The maximum Gasteiger partial charge on any atom is 0.261 e. The number of hydrogen-bond donors (Lipinski definition) is 3. The number of benzene rings is 3. The van der Waals surface area contributed by atoms with Gasteiger partial charge in [0, 0.05) is 11.4 Å². The van der Waals surface area contributed by atoms with Gasteiger partial charge in [0.1, 0.15) is 5.75 Å². The van der Waals surface area contributed by atoms with Crippen LogP contribution in [0.15, 0.2) is 83.8 Å². The molecule has 0 unspecified atom stereocenters. The third kappa shape index (κ3) is 7.03. The summed E-state index contributed by atoms with van der Waals surface area (Å²) in [5, 5.41) is 5.59. The number of unbranched alkanes of at least 4 members (excludes halogenated alkanes) is 1. The molecule has 33 heavy (non-hydrogen) atoms. The maximum atomic E-state index is 12.7. The molecule has 3 N–H and O–H groups in total. The van der Waals surface area contributed by atoms with Gasteiger partial charge in [0.05, 0.1) is 17.1 Å². The zero-order valence-corrected chi connectivity index (χ0v) is 19.7. The standard InChI is InChI=1S/C24H25N3O4S2/c1-2-3-17-31-22-12-8-7-11-21(22)23(28)26-24(32)25-18-13-15-20(16-14-18)33(29,30)27-19-9-5-4-6-10-19/h4-16,27H,2-3,17H2,1H3,(H2,25,26,28,32). The second-order valence-corrected chi connectivity index (χ2v) is 9.19. The van der Waals surface area contributed by atoms with Gasteiger partial charge in [-0.2, -0.15) is 0 Å². The molecule has 7 nitrogen and oxygen atoms in total. The van der Waals surface area contributed by atoms with Crippen molar-refractivity contribution in [1.29, 1.82) is 0 Å². The third-order valence-electron chi connectivity index (χ3n) is 4.56. The molecule has 0 aliphatic rings. The van der Waals surface area contributed by atoms with Crippen molar-refractivity contribution in [2.24, 2.45) is 0 Å². The largest absolute Gasteiger partial charge is 0.493 e. The van der Waals surface area contributed by atoms with Crippen molar-refractivity contribution < 1.29 is 17.9 Å². The van der Waals surface area contributed by atoms with E-state index in [0.29, 0.717) is 29.3 Å². The van der Waals surface area contributed by atoms with Gasteiger partial charge in [-0.25, -0.2) is 8.42 Å². The average Bonchev–Trinajstić information content (AvgIpc) is 2.80. The van der Waals surface area contributed by atoms with Gasteiger partial charge in [0.15, 0.2) is 5.11 Å². The highest BCUT2D eigenvalue weighted by molar-refractivity contribution is 7.92. The van der Waals surface area contributed by atoms with Gasteiger partial charge in [-0.15, -0.1) is 0 Å². The number of thiocarbonyl (C=S) groups is 1. The first-order chi connectivity index (χ1) is 15.9. The average molecular weight is 484 g/mol. The number of ether oxygens (including phenoxy) is 1. The lowest BCUT2D eigenvalue weighted by Gasteiger charge is -2.13. The summed E-state index contributed by atoms with van der Waals surface area (Å²) in [6.45, 7) is 2.59. The summed E-state index contributed by atoms with van der Waals surface area (Å²) in [6, 6.07) is 21.6. The molecule has 3 aromatic rings. The fourth-order valence-electron chi connectivity index (χ4n) is 2.88. The Hall–Kier alpha value is -3.43. The lowest BCUT2D eigenvalue weighted by molar-refractivity contribution is 0.0973. The third-order valence-corrected chi connectivity index (χ3v) is 6.16. The van der Waals surface area contributed by atoms with E-state index in [0.717, 1.165) is 12.8 Å². The molecule has 3 aromatic carbocycles. The lowest BCUT2D eigenvalue weighted by atomic mass is 10.2. The second kappa shape index (κ2) is 11.4. The van der Waals surface area contributed by atoms with E-state index in [2.05, 4.69) is 22.3 Å². The van der Waals surface area contributed by atoms with Crippen LogP contribution in [0, 0.1) is 0 Å². The Labute approximate surface area is 199 Å². The van der Waals surface area contributed by atoms with Gasteiger partial charge in [-0.3, -0.25) is 14.8 Å². The Morgan fingerprint density at radius 3 is 2.27 bits per heavy atom. The minimum atomic E-state index is -3.72. The minimum Gasteiger partial charge on any atom is -0.493 e. The number of nitrogens with one attached hydrogen (secondary N) is 3. The normalized spacial score (nSPS) is 10.8. The van der Waals surface area contributed by atoms with Crippen LogP contribution in [-0.4, -0.2) is 26.0 Å². The van der Waals surface area contributed by atoms with E-state index in [9.17, 15) is 13.2 Å². The van der Waals surface area contributed by atoms with Crippen LogP contribution in [0.5, 0.6) is 5.75 Å². The first kappa shape index (κ1) is 24.2. The number of amides is 1. The molecule has 0 spiro atoms. The van der Waals surface area contributed by atoms with Crippen LogP contribution in [0.25, 0.3) is 0 Å². The van der Waals surface area contributed by atoms with E-state index >= 15 is 0 Å². The summed E-state index contributed by atoms with van der Waals surface area (Å²) in [5.74, 6) is 0.0950. The molecule has 0 aromatic heterocycles. The predicted molar refractivity (Wildman–Crippen MR) is 134 cm³/mol. The zero-order valence-electron chi connectivity index (χ0n) is 18.1. The van der Waals surface area contributed by atoms with Crippen LogP contribution < -0.4 is 20.1 Å². The molecule has 0 atom stereocenters. The molecule has 0 radical (unpaired) electrons.